The van der Waals surface area contributed by atoms with E-state index in [0.29, 0.717) is 38.2 Å². The molecule has 2 aliphatic rings. The highest BCUT2D eigenvalue weighted by atomic mass is 32.2. The van der Waals surface area contributed by atoms with E-state index in [0.717, 1.165) is 41.9 Å². The lowest BCUT2D eigenvalue weighted by Gasteiger charge is -2.35. The zero-order valence-corrected chi connectivity index (χ0v) is 32.3. The molecule has 3 amide bonds. The molecule has 3 N–H and O–H groups in total. The van der Waals surface area contributed by atoms with Crippen molar-refractivity contribution in [1.29, 1.82) is 0 Å². The van der Waals surface area contributed by atoms with Crippen molar-refractivity contribution in [3.63, 3.8) is 0 Å². The minimum absolute atomic E-state index is 0.0583. The fourth-order valence-corrected chi connectivity index (χ4v) is 9.48. The topological polar surface area (TPSA) is 165 Å². The van der Waals surface area contributed by atoms with Gasteiger partial charge in [-0.3, -0.25) is 4.79 Å². The van der Waals surface area contributed by atoms with Crippen molar-refractivity contribution in [2.75, 3.05) is 33.3 Å². The standard InChI is InChI=1S/C38H52N6O7S2/c1-4-27(2)36(44-19-18-42(38(44)47)23-31-26-52-35(40-31)25-51-3)37(46)41-33(20-28-10-6-5-7-11-28)34(45)24-43(22-30-12-8-9-13-30)53(49,50)32-16-14-29(15-17-32)21-39-48/h5-7,10-11,14-17,21,26-27,30,33-34,36,45,48H,4,8-9,12-13,18-20,22-25H2,1-3H3,(H,41,46)/t27-,33-,34+,36-/m0/s1. The Labute approximate surface area is 316 Å². The van der Waals surface area contributed by atoms with Gasteiger partial charge >= 0.3 is 6.03 Å². The fraction of sp³-hybridized carbons (Fsp3) is 0.526. The maximum absolute atomic E-state index is 14.4. The van der Waals surface area contributed by atoms with Gasteiger partial charge in [0.25, 0.3) is 0 Å². The van der Waals surface area contributed by atoms with E-state index in [2.05, 4.69) is 15.5 Å². The number of benzene rings is 2. The number of rotatable bonds is 19. The number of thiazole rings is 1. The van der Waals surface area contributed by atoms with Gasteiger partial charge in [-0.05, 0) is 54.4 Å². The smallest absolute Gasteiger partial charge is 0.321 e. The number of carbonyl (C=O) groups is 2. The molecule has 2 heterocycles. The lowest BCUT2D eigenvalue weighted by atomic mass is 9.95. The van der Waals surface area contributed by atoms with Gasteiger partial charge in [-0.25, -0.2) is 18.2 Å². The van der Waals surface area contributed by atoms with Crippen LogP contribution in [0.1, 0.15) is 67.8 Å². The number of amides is 3. The first-order chi connectivity index (χ1) is 25.5. The van der Waals surface area contributed by atoms with Crippen LogP contribution in [0.4, 0.5) is 4.79 Å². The Hall–Kier alpha value is -3.89. The number of sulfonamides is 1. The number of methoxy groups -OCH3 is 1. The molecule has 1 aromatic heterocycles. The van der Waals surface area contributed by atoms with Crippen LogP contribution in [0.5, 0.6) is 0 Å². The Kier molecular flexibility index (Phi) is 14.4. The summed E-state index contributed by atoms with van der Waals surface area (Å²) in [6, 6.07) is 13.6. The molecule has 5 rings (SSSR count). The maximum Gasteiger partial charge on any atom is 0.321 e. The van der Waals surface area contributed by atoms with E-state index >= 15 is 0 Å². The van der Waals surface area contributed by atoms with Gasteiger partial charge in [-0.15, -0.1) is 11.3 Å². The van der Waals surface area contributed by atoms with E-state index in [-0.39, 0.29) is 42.3 Å². The molecular formula is C38H52N6O7S2. The zero-order chi connectivity index (χ0) is 38.0. The first-order valence-corrected chi connectivity index (χ1v) is 20.6. The molecule has 288 valence electrons. The van der Waals surface area contributed by atoms with Crippen molar-refractivity contribution in [2.24, 2.45) is 17.0 Å². The number of aliphatic hydroxyl groups excluding tert-OH is 1. The highest BCUT2D eigenvalue weighted by Gasteiger charge is 2.41. The summed E-state index contributed by atoms with van der Waals surface area (Å²) in [6.45, 7) is 5.43. The van der Waals surface area contributed by atoms with Crippen LogP contribution in [-0.2, 0) is 39.1 Å². The molecule has 13 nitrogen and oxygen atoms in total. The molecule has 0 bridgehead atoms. The SMILES string of the molecule is CC[C@H](C)[C@@H](C(=O)N[C@@H](Cc1ccccc1)[C@H](O)CN(CC1CCCC1)S(=O)(=O)c1ccc(C=NO)cc1)N1CCN(Cc2csc(COC)n2)C1=O. The van der Waals surface area contributed by atoms with E-state index in [1.165, 1.54) is 34.0 Å². The third-order valence-electron chi connectivity index (χ3n) is 10.3. The number of hydrogen-bond acceptors (Lipinski definition) is 10. The Bertz CT molecular complexity index is 1770. The molecule has 1 aliphatic heterocycles. The van der Waals surface area contributed by atoms with Crippen LogP contribution >= 0.6 is 11.3 Å². The van der Waals surface area contributed by atoms with Gasteiger partial charge in [0.1, 0.15) is 11.0 Å². The molecule has 2 aromatic carbocycles. The molecule has 0 radical (unpaired) electrons. The summed E-state index contributed by atoms with van der Waals surface area (Å²) in [7, 11) is -2.45. The molecular weight excluding hydrogens is 717 g/mol. The number of ether oxygens (including phenoxy) is 1. The lowest BCUT2D eigenvalue weighted by Crippen LogP contribution is -2.57. The van der Waals surface area contributed by atoms with Gasteiger partial charge in [0.05, 0.1) is 42.1 Å². The van der Waals surface area contributed by atoms with Crippen molar-refractivity contribution in [3.05, 3.63) is 81.8 Å². The molecule has 0 spiro atoms. The molecule has 53 heavy (non-hydrogen) atoms. The summed E-state index contributed by atoms with van der Waals surface area (Å²) in [4.78, 5) is 36.1. The molecule has 1 saturated carbocycles. The molecule has 15 heteroatoms. The van der Waals surface area contributed by atoms with Crippen LogP contribution in [0.2, 0.25) is 0 Å². The largest absolute Gasteiger partial charge is 0.411 e. The van der Waals surface area contributed by atoms with Crippen LogP contribution < -0.4 is 5.32 Å². The van der Waals surface area contributed by atoms with Crippen molar-refractivity contribution >= 4 is 39.5 Å². The summed E-state index contributed by atoms with van der Waals surface area (Å²) in [5.41, 5.74) is 2.16. The highest BCUT2D eigenvalue weighted by molar-refractivity contribution is 7.89. The van der Waals surface area contributed by atoms with Crippen molar-refractivity contribution in [2.45, 2.75) is 88.6 Å². The average Bonchev–Trinajstić information content (AvgIpc) is 3.92. The predicted octanol–water partition coefficient (Wildman–Crippen LogP) is 4.72. The van der Waals surface area contributed by atoms with Crippen LogP contribution in [-0.4, -0.2) is 107 Å². The highest BCUT2D eigenvalue weighted by Crippen LogP contribution is 2.29. The second kappa shape index (κ2) is 18.9. The number of nitrogens with zero attached hydrogens (tertiary/aromatic N) is 5. The van der Waals surface area contributed by atoms with Gasteiger partial charge in [-0.1, -0.05) is 80.7 Å². The van der Waals surface area contributed by atoms with Gasteiger partial charge in [0.2, 0.25) is 15.9 Å². The maximum atomic E-state index is 14.4. The normalized spacial score (nSPS) is 17.9. The number of aromatic nitrogens is 1. The van der Waals surface area contributed by atoms with E-state index < -0.39 is 34.1 Å². The summed E-state index contributed by atoms with van der Waals surface area (Å²) in [5.74, 6) is -0.439. The lowest BCUT2D eigenvalue weighted by molar-refractivity contribution is -0.128. The average molecular weight is 769 g/mol. The second-order valence-electron chi connectivity index (χ2n) is 14.1. The number of hydrogen-bond donors (Lipinski definition) is 3. The Morgan fingerprint density at radius 3 is 2.53 bits per heavy atom. The fourth-order valence-electron chi connectivity index (χ4n) is 7.19. The van der Waals surface area contributed by atoms with E-state index in [1.807, 2.05) is 49.6 Å². The van der Waals surface area contributed by atoms with Crippen molar-refractivity contribution in [3.8, 4) is 0 Å². The van der Waals surface area contributed by atoms with Crippen LogP contribution in [0, 0.1) is 11.8 Å². The minimum Gasteiger partial charge on any atom is -0.411 e. The number of carbonyl (C=O) groups excluding carboxylic acids is 2. The third-order valence-corrected chi connectivity index (χ3v) is 13.0. The number of nitrogens with one attached hydrogen (secondary N) is 1. The van der Waals surface area contributed by atoms with Crippen LogP contribution in [0.15, 0.2) is 70.0 Å². The summed E-state index contributed by atoms with van der Waals surface area (Å²) < 4.78 is 34.8. The first-order valence-electron chi connectivity index (χ1n) is 18.3. The summed E-state index contributed by atoms with van der Waals surface area (Å²) >= 11 is 1.47. The summed E-state index contributed by atoms with van der Waals surface area (Å²) in [6.07, 6.45) is 4.66. The minimum atomic E-state index is -4.05. The second-order valence-corrected chi connectivity index (χ2v) is 16.9. The van der Waals surface area contributed by atoms with Gasteiger partial charge in [0, 0.05) is 38.7 Å². The Morgan fingerprint density at radius 1 is 1.15 bits per heavy atom. The van der Waals surface area contributed by atoms with Crippen molar-refractivity contribution < 1.29 is 33.1 Å². The number of aliphatic hydroxyl groups is 1. The first kappa shape index (κ1) is 40.3. The Balaban J connectivity index is 1.38. The monoisotopic (exact) mass is 768 g/mol. The van der Waals surface area contributed by atoms with Crippen LogP contribution in [0.3, 0.4) is 0 Å². The van der Waals surface area contributed by atoms with Gasteiger partial charge in [0.15, 0.2) is 0 Å². The Morgan fingerprint density at radius 2 is 1.87 bits per heavy atom. The van der Waals surface area contributed by atoms with E-state index in [4.69, 9.17) is 9.94 Å². The molecule has 1 saturated heterocycles. The number of urea groups is 1. The molecule has 0 unspecified atom stereocenters. The van der Waals surface area contributed by atoms with Gasteiger partial charge < -0.3 is 30.2 Å². The van der Waals surface area contributed by atoms with E-state index in [9.17, 15) is 23.1 Å². The molecule has 3 aromatic rings. The third kappa shape index (κ3) is 10.4. The number of oxime groups is 1. The quantitative estimate of drug-likeness (QED) is 0.0896. The van der Waals surface area contributed by atoms with Crippen molar-refractivity contribution in [1.82, 2.24) is 24.4 Å². The van der Waals surface area contributed by atoms with Gasteiger partial charge in [-0.2, -0.15) is 4.31 Å². The predicted molar refractivity (Wildman–Crippen MR) is 203 cm³/mol. The molecule has 2 fully saturated rings. The molecule has 4 atom stereocenters. The van der Waals surface area contributed by atoms with Crippen LogP contribution in [0.25, 0.3) is 0 Å². The zero-order valence-electron chi connectivity index (χ0n) is 30.7. The van der Waals surface area contributed by atoms with E-state index in [1.54, 1.807) is 29.0 Å². The molecule has 1 aliphatic carbocycles. The summed E-state index contributed by atoms with van der Waals surface area (Å²) in [5, 5.41) is 29.7.